The van der Waals surface area contributed by atoms with Crippen LogP contribution >= 0.6 is 0 Å². The summed E-state index contributed by atoms with van der Waals surface area (Å²) < 4.78 is 11.3. The van der Waals surface area contributed by atoms with Gasteiger partial charge in [0.05, 0.1) is 12.4 Å². The number of hydrogen-bond acceptors (Lipinski definition) is 3. The van der Waals surface area contributed by atoms with E-state index in [0.717, 1.165) is 25.3 Å². The first kappa shape index (κ1) is 13.2. The van der Waals surface area contributed by atoms with E-state index >= 15 is 0 Å². The van der Waals surface area contributed by atoms with Crippen LogP contribution in [0.25, 0.3) is 0 Å². The van der Waals surface area contributed by atoms with Gasteiger partial charge in [-0.15, -0.1) is 0 Å². The Kier molecular flexibility index (Phi) is 3.94. The van der Waals surface area contributed by atoms with E-state index in [1.165, 1.54) is 32.1 Å². The lowest BCUT2D eigenvalue weighted by atomic mass is 9.60. The monoisotopic (exact) mass is 263 g/mol. The normalized spacial score (nSPS) is 28.7. The summed E-state index contributed by atoms with van der Waals surface area (Å²) in [6.45, 7) is 3.98. The fraction of sp³-hybridized carbons (Fsp3) is 0.750. The Morgan fingerprint density at radius 1 is 1.42 bits per heavy atom. The molecule has 2 aliphatic rings. The summed E-state index contributed by atoms with van der Waals surface area (Å²) in [7, 11) is 0. The Hall–Kier alpha value is -0.800. The highest BCUT2D eigenvalue weighted by Gasteiger charge is 2.56. The van der Waals surface area contributed by atoms with Gasteiger partial charge in [-0.05, 0) is 38.3 Å². The molecule has 1 aromatic heterocycles. The lowest BCUT2D eigenvalue weighted by Crippen LogP contribution is -2.62. The van der Waals surface area contributed by atoms with Crippen molar-refractivity contribution in [2.45, 2.75) is 57.6 Å². The maximum absolute atomic E-state index is 5.94. The fourth-order valence-corrected chi connectivity index (χ4v) is 4.00. The van der Waals surface area contributed by atoms with Gasteiger partial charge in [-0.25, -0.2) is 0 Å². The molecule has 1 N–H and O–H groups in total. The average Bonchev–Trinajstić information content (AvgIpc) is 3.09. The lowest BCUT2D eigenvalue weighted by molar-refractivity contribution is -0.130. The van der Waals surface area contributed by atoms with Crippen molar-refractivity contribution in [3.8, 4) is 0 Å². The number of nitrogens with one attached hydrogen (secondary N) is 1. The van der Waals surface area contributed by atoms with Crippen molar-refractivity contribution in [1.29, 1.82) is 0 Å². The lowest BCUT2D eigenvalue weighted by Gasteiger charge is -2.54. The zero-order valence-electron chi connectivity index (χ0n) is 11.9. The molecule has 0 saturated heterocycles. The van der Waals surface area contributed by atoms with Crippen LogP contribution < -0.4 is 5.32 Å². The van der Waals surface area contributed by atoms with Crippen molar-refractivity contribution >= 4 is 0 Å². The molecular formula is C16H25NO2. The smallest absolute Gasteiger partial charge is 0.105 e. The second-order valence-corrected chi connectivity index (χ2v) is 5.96. The van der Waals surface area contributed by atoms with Gasteiger partial charge in [0.25, 0.3) is 0 Å². The van der Waals surface area contributed by atoms with E-state index < -0.39 is 0 Å². The molecule has 0 radical (unpaired) electrons. The van der Waals surface area contributed by atoms with Crippen molar-refractivity contribution in [3.05, 3.63) is 24.2 Å². The number of rotatable bonds is 6. The molecule has 2 fully saturated rings. The SMILES string of the molecule is CCOC1CC(NCCc2ccco2)C12CCCC2. The molecule has 1 aromatic rings. The Bertz CT molecular complexity index is 381. The summed E-state index contributed by atoms with van der Waals surface area (Å²) in [5, 5.41) is 3.74. The van der Waals surface area contributed by atoms with Crippen LogP contribution in [0.3, 0.4) is 0 Å². The summed E-state index contributed by atoms with van der Waals surface area (Å²) in [4.78, 5) is 0. The van der Waals surface area contributed by atoms with Crippen molar-refractivity contribution < 1.29 is 9.15 Å². The molecule has 0 aliphatic heterocycles. The summed E-state index contributed by atoms with van der Waals surface area (Å²) in [6.07, 6.45) is 9.86. The maximum atomic E-state index is 5.94. The molecule has 2 saturated carbocycles. The summed E-state index contributed by atoms with van der Waals surface area (Å²) in [5.74, 6) is 1.08. The Morgan fingerprint density at radius 3 is 2.95 bits per heavy atom. The van der Waals surface area contributed by atoms with Crippen LogP contribution in [0.15, 0.2) is 22.8 Å². The molecule has 0 aromatic carbocycles. The minimum absolute atomic E-state index is 0.444. The fourth-order valence-electron chi connectivity index (χ4n) is 4.00. The van der Waals surface area contributed by atoms with Gasteiger partial charge in [0, 0.05) is 31.0 Å². The molecule has 3 rings (SSSR count). The Labute approximate surface area is 115 Å². The first-order chi connectivity index (χ1) is 9.35. The molecule has 0 bridgehead atoms. The molecular weight excluding hydrogens is 238 g/mol. The van der Waals surface area contributed by atoms with E-state index in [2.05, 4.69) is 18.3 Å². The van der Waals surface area contributed by atoms with Crippen molar-refractivity contribution in [2.75, 3.05) is 13.2 Å². The second-order valence-electron chi connectivity index (χ2n) is 5.96. The topological polar surface area (TPSA) is 34.4 Å². The molecule has 1 heterocycles. The third-order valence-electron chi connectivity index (χ3n) is 5.03. The Morgan fingerprint density at radius 2 is 2.26 bits per heavy atom. The van der Waals surface area contributed by atoms with Crippen LogP contribution in [-0.4, -0.2) is 25.3 Å². The second kappa shape index (κ2) is 5.68. The molecule has 3 heteroatoms. The van der Waals surface area contributed by atoms with Crippen molar-refractivity contribution in [1.82, 2.24) is 5.32 Å². The molecule has 2 aliphatic carbocycles. The van der Waals surface area contributed by atoms with Crippen molar-refractivity contribution in [2.24, 2.45) is 5.41 Å². The minimum atomic E-state index is 0.444. The molecule has 3 nitrogen and oxygen atoms in total. The Balaban J connectivity index is 1.51. The molecule has 0 amide bonds. The summed E-state index contributed by atoms with van der Waals surface area (Å²) in [5.41, 5.74) is 0.444. The van der Waals surface area contributed by atoms with Gasteiger partial charge in [0.2, 0.25) is 0 Å². The van der Waals surface area contributed by atoms with Gasteiger partial charge in [0.1, 0.15) is 5.76 Å². The molecule has 2 unspecified atom stereocenters. The first-order valence-corrected chi connectivity index (χ1v) is 7.72. The van der Waals surface area contributed by atoms with Crippen molar-refractivity contribution in [3.63, 3.8) is 0 Å². The van der Waals surface area contributed by atoms with E-state index in [-0.39, 0.29) is 0 Å². The number of ether oxygens (including phenoxy) is 1. The largest absolute Gasteiger partial charge is 0.469 e. The van der Waals surface area contributed by atoms with E-state index in [4.69, 9.17) is 9.15 Å². The zero-order chi connectivity index (χ0) is 13.1. The number of hydrogen-bond donors (Lipinski definition) is 1. The maximum Gasteiger partial charge on any atom is 0.105 e. The van der Waals surface area contributed by atoms with E-state index in [0.29, 0.717) is 17.6 Å². The van der Waals surface area contributed by atoms with E-state index in [1.807, 2.05) is 6.07 Å². The summed E-state index contributed by atoms with van der Waals surface area (Å²) in [6, 6.07) is 4.67. The average molecular weight is 263 g/mol. The predicted molar refractivity (Wildman–Crippen MR) is 75.1 cm³/mol. The highest BCUT2D eigenvalue weighted by molar-refractivity contribution is 5.10. The van der Waals surface area contributed by atoms with E-state index in [1.54, 1.807) is 6.26 Å². The van der Waals surface area contributed by atoms with E-state index in [9.17, 15) is 0 Å². The highest BCUT2D eigenvalue weighted by Crippen LogP contribution is 2.54. The van der Waals surface area contributed by atoms with Gasteiger partial charge in [-0.3, -0.25) is 0 Å². The number of furan rings is 1. The first-order valence-electron chi connectivity index (χ1n) is 7.72. The molecule has 19 heavy (non-hydrogen) atoms. The van der Waals surface area contributed by atoms with Crippen LogP contribution in [0, 0.1) is 5.41 Å². The van der Waals surface area contributed by atoms with Gasteiger partial charge < -0.3 is 14.5 Å². The third-order valence-corrected chi connectivity index (χ3v) is 5.03. The van der Waals surface area contributed by atoms with Crippen LogP contribution in [0.5, 0.6) is 0 Å². The molecule has 106 valence electrons. The van der Waals surface area contributed by atoms with Gasteiger partial charge in [0.15, 0.2) is 0 Å². The molecule has 2 atom stereocenters. The minimum Gasteiger partial charge on any atom is -0.469 e. The van der Waals surface area contributed by atoms with Crippen LogP contribution in [0.4, 0.5) is 0 Å². The zero-order valence-corrected chi connectivity index (χ0v) is 11.9. The molecule has 1 spiro atoms. The summed E-state index contributed by atoms with van der Waals surface area (Å²) >= 11 is 0. The van der Waals surface area contributed by atoms with Gasteiger partial charge in [-0.1, -0.05) is 12.8 Å². The quantitative estimate of drug-likeness (QED) is 0.856. The third kappa shape index (κ3) is 2.46. The van der Waals surface area contributed by atoms with Crippen LogP contribution in [0.1, 0.15) is 44.8 Å². The van der Waals surface area contributed by atoms with Crippen LogP contribution in [-0.2, 0) is 11.2 Å². The van der Waals surface area contributed by atoms with Gasteiger partial charge in [-0.2, -0.15) is 0 Å². The van der Waals surface area contributed by atoms with Gasteiger partial charge >= 0.3 is 0 Å². The van der Waals surface area contributed by atoms with Crippen LogP contribution in [0.2, 0.25) is 0 Å². The highest BCUT2D eigenvalue weighted by atomic mass is 16.5. The predicted octanol–water partition coefficient (Wildman–Crippen LogP) is 3.15. The standard InChI is InChI=1S/C16H25NO2/c1-2-18-15-12-14(16(15)8-3-4-9-16)17-10-7-13-6-5-11-19-13/h5-6,11,14-15,17H,2-4,7-10,12H2,1H3.